The smallest absolute Gasteiger partial charge is 0.223 e. The van der Waals surface area contributed by atoms with Crippen LogP contribution in [0, 0.1) is 6.92 Å². The van der Waals surface area contributed by atoms with Gasteiger partial charge in [0.2, 0.25) is 5.88 Å². The molecule has 25 heavy (non-hydrogen) atoms. The first kappa shape index (κ1) is 14.9. The van der Waals surface area contributed by atoms with Crippen molar-refractivity contribution in [3.63, 3.8) is 0 Å². The first-order valence-electron chi connectivity index (χ1n) is 7.67. The number of pyridine rings is 1. The fourth-order valence-electron chi connectivity index (χ4n) is 2.35. The van der Waals surface area contributed by atoms with Gasteiger partial charge in [0.1, 0.15) is 18.4 Å². The third-order valence-electron chi connectivity index (χ3n) is 3.51. The van der Waals surface area contributed by atoms with Gasteiger partial charge in [-0.1, -0.05) is 0 Å². The second-order valence-corrected chi connectivity index (χ2v) is 5.34. The molecule has 7 nitrogen and oxygen atoms in total. The highest BCUT2D eigenvalue weighted by atomic mass is 16.5. The average molecular weight is 330 g/mol. The van der Waals surface area contributed by atoms with E-state index in [0.29, 0.717) is 17.5 Å². The van der Waals surface area contributed by atoms with Gasteiger partial charge in [0, 0.05) is 29.7 Å². The van der Waals surface area contributed by atoms with Gasteiger partial charge in [-0.25, -0.2) is 14.6 Å². The van der Waals surface area contributed by atoms with Crippen molar-refractivity contribution in [3.05, 3.63) is 73.2 Å². The van der Waals surface area contributed by atoms with E-state index < -0.39 is 0 Å². The highest BCUT2D eigenvalue weighted by molar-refractivity contribution is 5.54. The number of aromatic nitrogens is 6. The number of aryl methyl sites for hydroxylation is 1. The van der Waals surface area contributed by atoms with Crippen molar-refractivity contribution in [1.29, 1.82) is 0 Å². The molecule has 0 spiro atoms. The van der Waals surface area contributed by atoms with Crippen LogP contribution in [-0.4, -0.2) is 29.7 Å². The molecular weight excluding hydrogens is 316 g/mol. The Balaban J connectivity index is 1.59. The molecule has 4 rings (SSSR count). The zero-order valence-electron chi connectivity index (χ0n) is 13.4. The molecule has 0 saturated heterocycles. The topological polar surface area (TPSA) is 78.6 Å². The summed E-state index contributed by atoms with van der Waals surface area (Å²) in [5.74, 6) is 1.78. The van der Waals surface area contributed by atoms with E-state index in [4.69, 9.17) is 4.74 Å². The van der Waals surface area contributed by atoms with Gasteiger partial charge in [0.05, 0.1) is 5.69 Å². The third kappa shape index (κ3) is 3.35. The SMILES string of the molecule is Cc1cc(Oc2ccc(-n3cncn3)cc2)nc(-c2ccncc2)n1. The van der Waals surface area contributed by atoms with E-state index in [1.54, 1.807) is 29.5 Å². The Labute approximate surface area is 144 Å². The van der Waals surface area contributed by atoms with E-state index in [-0.39, 0.29) is 0 Å². The number of hydrogen-bond acceptors (Lipinski definition) is 6. The molecule has 0 N–H and O–H groups in total. The first-order chi connectivity index (χ1) is 12.3. The van der Waals surface area contributed by atoms with Gasteiger partial charge in [-0.15, -0.1) is 0 Å². The number of benzene rings is 1. The zero-order chi connectivity index (χ0) is 17.1. The molecule has 0 aliphatic carbocycles. The van der Waals surface area contributed by atoms with Gasteiger partial charge < -0.3 is 4.74 Å². The minimum atomic E-state index is 0.493. The van der Waals surface area contributed by atoms with Gasteiger partial charge >= 0.3 is 0 Å². The maximum Gasteiger partial charge on any atom is 0.223 e. The number of hydrogen-bond donors (Lipinski definition) is 0. The quantitative estimate of drug-likeness (QED) is 0.572. The van der Waals surface area contributed by atoms with Crippen LogP contribution in [0.15, 0.2) is 67.5 Å². The van der Waals surface area contributed by atoms with Crippen LogP contribution < -0.4 is 4.74 Å². The fourth-order valence-corrected chi connectivity index (χ4v) is 2.35. The monoisotopic (exact) mass is 330 g/mol. The summed E-state index contributed by atoms with van der Waals surface area (Å²) in [5, 5.41) is 4.10. The van der Waals surface area contributed by atoms with E-state index in [1.807, 2.05) is 43.3 Å². The lowest BCUT2D eigenvalue weighted by Crippen LogP contribution is -1.97. The van der Waals surface area contributed by atoms with Gasteiger partial charge in [-0.3, -0.25) is 4.98 Å². The van der Waals surface area contributed by atoms with Crippen LogP contribution in [0.2, 0.25) is 0 Å². The van der Waals surface area contributed by atoms with Crippen molar-refractivity contribution in [2.45, 2.75) is 6.92 Å². The minimum Gasteiger partial charge on any atom is -0.439 e. The highest BCUT2D eigenvalue weighted by Gasteiger charge is 2.07. The number of nitrogens with zero attached hydrogens (tertiary/aromatic N) is 6. The Hall–Kier alpha value is -3.61. The van der Waals surface area contributed by atoms with Crippen LogP contribution in [0.25, 0.3) is 17.1 Å². The molecule has 0 aliphatic rings. The number of rotatable bonds is 4. The van der Waals surface area contributed by atoms with E-state index in [1.165, 1.54) is 6.33 Å². The maximum atomic E-state index is 5.88. The summed E-state index contributed by atoms with van der Waals surface area (Å²) in [6, 6.07) is 13.1. The molecule has 0 amide bonds. The van der Waals surface area contributed by atoms with E-state index >= 15 is 0 Å². The third-order valence-corrected chi connectivity index (χ3v) is 3.51. The molecule has 4 aromatic rings. The standard InChI is InChI=1S/C18H14N6O/c1-13-10-17(23-18(22-13)14-6-8-19-9-7-14)25-16-4-2-15(3-5-16)24-12-20-11-21-24/h2-12H,1H3. The van der Waals surface area contributed by atoms with Crippen LogP contribution in [0.1, 0.15) is 5.69 Å². The van der Waals surface area contributed by atoms with Crippen molar-refractivity contribution >= 4 is 0 Å². The Bertz CT molecular complexity index is 968. The fraction of sp³-hybridized carbons (Fsp3) is 0.0556. The van der Waals surface area contributed by atoms with Crippen molar-refractivity contribution < 1.29 is 4.74 Å². The average Bonchev–Trinajstić information content (AvgIpc) is 3.17. The molecule has 0 fully saturated rings. The second kappa shape index (κ2) is 6.48. The molecule has 1 aromatic carbocycles. The van der Waals surface area contributed by atoms with Gasteiger partial charge in [0.15, 0.2) is 5.82 Å². The Morgan fingerprint density at radius 1 is 0.920 bits per heavy atom. The molecule has 7 heteroatoms. The van der Waals surface area contributed by atoms with Gasteiger partial charge in [-0.05, 0) is 43.3 Å². The van der Waals surface area contributed by atoms with E-state index in [9.17, 15) is 0 Å². The molecule has 0 atom stereocenters. The van der Waals surface area contributed by atoms with Crippen LogP contribution >= 0.6 is 0 Å². The number of ether oxygens (including phenoxy) is 1. The van der Waals surface area contributed by atoms with Crippen molar-refractivity contribution in [2.75, 3.05) is 0 Å². The highest BCUT2D eigenvalue weighted by Crippen LogP contribution is 2.24. The van der Waals surface area contributed by atoms with E-state index in [2.05, 4.69) is 25.0 Å². The summed E-state index contributed by atoms with van der Waals surface area (Å²) in [7, 11) is 0. The Morgan fingerprint density at radius 3 is 2.44 bits per heavy atom. The summed E-state index contributed by atoms with van der Waals surface area (Å²) in [4.78, 5) is 16.9. The zero-order valence-corrected chi connectivity index (χ0v) is 13.4. The van der Waals surface area contributed by atoms with Crippen molar-refractivity contribution in [2.24, 2.45) is 0 Å². The molecule has 3 heterocycles. The maximum absolute atomic E-state index is 5.88. The van der Waals surface area contributed by atoms with Gasteiger partial charge in [-0.2, -0.15) is 10.1 Å². The summed E-state index contributed by atoms with van der Waals surface area (Å²) in [6.07, 6.45) is 6.56. The summed E-state index contributed by atoms with van der Waals surface area (Å²) in [6.45, 7) is 1.91. The lowest BCUT2D eigenvalue weighted by Gasteiger charge is -2.08. The molecule has 0 bridgehead atoms. The van der Waals surface area contributed by atoms with Crippen molar-refractivity contribution in [1.82, 2.24) is 29.7 Å². The lowest BCUT2D eigenvalue weighted by molar-refractivity contribution is 0.461. The lowest BCUT2D eigenvalue weighted by atomic mass is 10.2. The van der Waals surface area contributed by atoms with Crippen LogP contribution in [0.5, 0.6) is 11.6 Å². The summed E-state index contributed by atoms with van der Waals surface area (Å²) < 4.78 is 7.56. The normalized spacial score (nSPS) is 10.6. The predicted octanol–water partition coefficient (Wildman–Crippen LogP) is 3.22. The predicted molar refractivity (Wildman–Crippen MR) is 91.4 cm³/mol. The molecule has 0 aliphatic heterocycles. The Kier molecular flexibility index (Phi) is 3.88. The minimum absolute atomic E-state index is 0.493. The van der Waals surface area contributed by atoms with Gasteiger partial charge in [0.25, 0.3) is 0 Å². The summed E-state index contributed by atoms with van der Waals surface area (Å²) >= 11 is 0. The molecule has 0 saturated carbocycles. The van der Waals surface area contributed by atoms with Crippen LogP contribution in [0.4, 0.5) is 0 Å². The molecule has 0 unspecified atom stereocenters. The first-order valence-corrected chi connectivity index (χ1v) is 7.67. The second-order valence-electron chi connectivity index (χ2n) is 5.34. The Morgan fingerprint density at radius 2 is 1.72 bits per heavy atom. The molecule has 0 radical (unpaired) electrons. The van der Waals surface area contributed by atoms with Crippen molar-refractivity contribution in [3.8, 4) is 28.7 Å². The molecule has 3 aromatic heterocycles. The van der Waals surface area contributed by atoms with Crippen LogP contribution in [0.3, 0.4) is 0 Å². The molecular formula is C18H14N6O. The largest absolute Gasteiger partial charge is 0.439 e. The van der Waals surface area contributed by atoms with E-state index in [0.717, 1.165) is 16.9 Å². The van der Waals surface area contributed by atoms with Crippen LogP contribution in [-0.2, 0) is 0 Å². The summed E-state index contributed by atoms with van der Waals surface area (Å²) in [5.41, 5.74) is 2.63. The molecule has 122 valence electrons.